The van der Waals surface area contributed by atoms with Gasteiger partial charge in [0.25, 0.3) is 0 Å². The van der Waals surface area contributed by atoms with Gasteiger partial charge in [0.05, 0.1) is 12.8 Å². The van der Waals surface area contributed by atoms with Gasteiger partial charge in [-0.25, -0.2) is 0 Å². The van der Waals surface area contributed by atoms with Crippen molar-refractivity contribution < 1.29 is 23.8 Å². The van der Waals surface area contributed by atoms with Crippen LogP contribution in [0.25, 0.3) is 0 Å². The standard InChI is InChI=1S/C26H45O5P/c1-18(2)10-8-11-19(3)12-9-14-26(7)15-13-23-22(6)24(30-16-17-32(27,28)29)20(4)21(5)25(23)31-26/h18-19H,8-17H2,1-7H3,(H2,27,28,29). The van der Waals surface area contributed by atoms with Crippen molar-refractivity contribution in [2.45, 2.75) is 105 Å². The molecule has 1 aromatic rings. The van der Waals surface area contributed by atoms with Crippen molar-refractivity contribution in [1.82, 2.24) is 0 Å². The van der Waals surface area contributed by atoms with Crippen molar-refractivity contribution in [3.05, 3.63) is 22.3 Å². The van der Waals surface area contributed by atoms with E-state index in [-0.39, 0.29) is 18.4 Å². The number of ether oxygens (including phenoxy) is 2. The van der Waals surface area contributed by atoms with Crippen LogP contribution in [0.5, 0.6) is 11.5 Å². The Morgan fingerprint density at radius 2 is 1.69 bits per heavy atom. The van der Waals surface area contributed by atoms with E-state index in [4.69, 9.17) is 19.3 Å². The van der Waals surface area contributed by atoms with Gasteiger partial charge in [-0.05, 0) is 81.9 Å². The van der Waals surface area contributed by atoms with E-state index in [1.54, 1.807) is 0 Å². The molecular weight excluding hydrogens is 423 g/mol. The van der Waals surface area contributed by atoms with Gasteiger partial charge in [-0.2, -0.15) is 0 Å². The molecule has 0 amide bonds. The molecule has 0 radical (unpaired) electrons. The van der Waals surface area contributed by atoms with Crippen LogP contribution in [0.15, 0.2) is 0 Å². The van der Waals surface area contributed by atoms with Crippen molar-refractivity contribution in [1.29, 1.82) is 0 Å². The van der Waals surface area contributed by atoms with Gasteiger partial charge >= 0.3 is 7.60 Å². The number of fused-ring (bicyclic) bond motifs is 1. The first kappa shape index (κ1) is 27.2. The van der Waals surface area contributed by atoms with Gasteiger partial charge in [0, 0.05) is 5.56 Å². The minimum atomic E-state index is -4.06. The van der Waals surface area contributed by atoms with Crippen LogP contribution in [0.3, 0.4) is 0 Å². The molecule has 2 unspecified atom stereocenters. The molecule has 2 atom stereocenters. The van der Waals surface area contributed by atoms with Crippen LogP contribution in [0.2, 0.25) is 0 Å². The monoisotopic (exact) mass is 468 g/mol. The fourth-order valence-electron chi connectivity index (χ4n) is 4.78. The van der Waals surface area contributed by atoms with Crippen molar-refractivity contribution in [2.75, 3.05) is 12.8 Å². The van der Waals surface area contributed by atoms with E-state index in [0.29, 0.717) is 0 Å². The number of hydrogen-bond acceptors (Lipinski definition) is 3. The average molecular weight is 469 g/mol. The lowest BCUT2D eigenvalue weighted by Gasteiger charge is -2.38. The third-order valence-corrected chi connectivity index (χ3v) is 7.84. The van der Waals surface area contributed by atoms with Crippen molar-refractivity contribution >= 4 is 7.60 Å². The lowest BCUT2D eigenvalue weighted by atomic mass is 9.84. The molecule has 0 aromatic heterocycles. The van der Waals surface area contributed by atoms with Crippen molar-refractivity contribution in [3.8, 4) is 11.5 Å². The largest absolute Gasteiger partial charge is 0.492 e. The minimum Gasteiger partial charge on any atom is -0.492 e. The second kappa shape index (κ2) is 11.4. The summed E-state index contributed by atoms with van der Waals surface area (Å²) in [5, 5.41) is 0. The highest BCUT2D eigenvalue weighted by atomic mass is 31.2. The van der Waals surface area contributed by atoms with Crippen LogP contribution in [0, 0.1) is 32.6 Å². The summed E-state index contributed by atoms with van der Waals surface area (Å²) in [5.74, 6) is 3.30. The molecule has 32 heavy (non-hydrogen) atoms. The fraction of sp³-hybridized carbons (Fsp3) is 0.769. The molecule has 0 spiro atoms. The Labute approximate surface area is 195 Å². The van der Waals surface area contributed by atoms with Crippen LogP contribution in [-0.4, -0.2) is 28.2 Å². The van der Waals surface area contributed by atoms with Gasteiger partial charge in [-0.1, -0.05) is 46.5 Å². The lowest BCUT2D eigenvalue weighted by Crippen LogP contribution is -2.37. The first-order valence-electron chi connectivity index (χ1n) is 12.3. The third-order valence-electron chi connectivity index (χ3n) is 7.07. The number of benzene rings is 1. The van der Waals surface area contributed by atoms with Gasteiger partial charge in [-0.3, -0.25) is 4.57 Å². The second-order valence-corrected chi connectivity index (χ2v) is 12.4. The molecule has 0 saturated heterocycles. The van der Waals surface area contributed by atoms with Crippen LogP contribution in [0.1, 0.15) is 94.9 Å². The van der Waals surface area contributed by atoms with Gasteiger partial charge in [0.2, 0.25) is 0 Å². The summed E-state index contributed by atoms with van der Waals surface area (Å²) in [6.45, 7) is 15.3. The molecule has 0 fully saturated rings. The zero-order valence-electron chi connectivity index (χ0n) is 21.3. The van der Waals surface area contributed by atoms with Crippen LogP contribution < -0.4 is 9.47 Å². The maximum absolute atomic E-state index is 11.2. The quantitative estimate of drug-likeness (QED) is 0.327. The smallest absolute Gasteiger partial charge is 0.328 e. The summed E-state index contributed by atoms with van der Waals surface area (Å²) >= 11 is 0. The SMILES string of the molecule is Cc1c(C)c2c(c(C)c1OCCP(=O)(O)O)CCC(C)(CCCC(C)CCCC(C)C)O2. The maximum atomic E-state index is 11.2. The Balaban J connectivity index is 2.01. The Bertz CT molecular complexity index is 813. The number of rotatable bonds is 12. The molecule has 2 N–H and O–H groups in total. The van der Waals surface area contributed by atoms with Crippen LogP contribution in [0.4, 0.5) is 0 Å². The van der Waals surface area contributed by atoms with Crippen LogP contribution >= 0.6 is 7.60 Å². The molecule has 2 rings (SSSR count). The minimum absolute atomic E-state index is 0.0120. The summed E-state index contributed by atoms with van der Waals surface area (Å²) in [6.07, 6.45) is 9.14. The third kappa shape index (κ3) is 7.78. The van der Waals surface area contributed by atoms with Crippen molar-refractivity contribution in [2.24, 2.45) is 11.8 Å². The molecule has 0 aliphatic carbocycles. The second-order valence-electron chi connectivity index (χ2n) is 10.6. The summed E-state index contributed by atoms with van der Waals surface area (Å²) in [6, 6.07) is 0. The number of hydrogen-bond donors (Lipinski definition) is 2. The van der Waals surface area contributed by atoms with Crippen LogP contribution in [-0.2, 0) is 11.0 Å². The summed E-state index contributed by atoms with van der Waals surface area (Å²) in [4.78, 5) is 18.2. The predicted octanol–water partition coefficient (Wildman–Crippen LogP) is 6.88. The van der Waals surface area contributed by atoms with E-state index in [0.717, 1.165) is 59.3 Å². The van der Waals surface area contributed by atoms with Crippen molar-refractivity contribution in [3.63, 3.8) is 0 Å². The first-order chi connectivity index (χ1) is 14.8. The van der Waals surface area contributed by atoms with Gasteiger partial charge in [-0.15, -0.1) is 0 Å². The molecule has 0 saturated carbocycles. The highest BCUT2D eigenvalue weighted by Crippen LogP contribution is 2.45. The zero-order valence-corrected chi connectivity index (χ0v) is 22.2. The van der Waals surface area contributed by atoms with E-state index in [1.807, 2.05) is 13.8 Å². The van der Waals surface area contributed by atoms with E-state index in [2.05, 4.69) is 34.6 Å². The van der Waals surface area contributed by atoms with Gasteiger partial charge in [0.1, 0.15) is 17.1 Å². The Morgan fingerprint density at radius 1 is 1.03 bits per heavy atom. The van der Waals surface area contributed by atoms with E-state index < -0.39 is 7.60 Å². The van der Waals surface area contributed by atoms with E-state index in [1.165, 1.54) is 37.7 Å². The van der Waals surface area contributed by atoms with Gasteiger partial charge in [0.15, 0.2) is 0 Å². The Hall–Kier alpha value is -1.03. The molecule has 1 aromatic carbocycles. The normalized spacial score (nSPS) is 19.6. The summed E-state index contributed by atoms with van der Waals surface area (Å²) < 4.78 is 23.6. The average Bonchev–Trinajstić information content (AvgIpc) is 2.67. The molecule has 6 heteroatoms. The molecule has 1 aliphatic rings. The molecule has 1 aliphatic heterocycles. The topological polar surface area (TPSA) is 76.0 Å². The molecule has 1 heterocycles. The molecule has 0 bridgehead atoms. The first-order valence-corrected chi connectivity index (χ1v) is 14.1. The molecule has 184 valence electrons. The van der Waals surface area contributed by atoms with E-state index >= 15 is 0 Å². The Morgan fingerprint density at radius 3 is 2.31 bits per heavy atom. The molecular formula is C26H45O5P. The highest BCUT2D eigenvalue weighted by Gasteiger charge is 2.34. The zero-order chi connectivity index (χ0) is 24.1. The van der Waals surface area contributed by atoms with Gasteiger partial charge < -0.3 is 19.3 Å². The summed E-state index contributed by atoms with van der Waals surface area (Å²) in [5.41, 5.74) is 4.14. The maximum Gasteiger partial charge on any atom is 0.328 e. The fourth-order valence-corrected chi connectivity index (χ4v) is 5.11. The predicted molar refractivity (Wildman–Crippen MR) is 132 cm³/mol. The highest BCUT2D eigenvalue weighted by molar-refractivity contribution is 7.51. The van der Waals surface area contributed by atoms with E-state index in [9.17, 15) is 4.57 Å². The summed E-state index contributed by atoms with van der Waals surface area (Å²) in [7, 11) is -4.06. The lowest BCUT2D eigenvalue weighted by molar-refractivity contribution is 0.0511. The Kier molecular flexibility index (Phi) is 9.70. The molecule has 5 nitrogen and oxygen atoms in total.